The van der Waals surface area contributed by atoms with Crippen molar-refractivity contribution < 1.29 is 8.42 Å². The average Bonchev–Trinajstić information content (AvgIpc) is 2.61. The van der Waals surface area contributed by atoms with Gasteiger partial charge in [-0.25, -0.2) is 8.42 Å². The summed E-state index contributed by atoms with van der Waals surface area (Å²) in [6.45, 7) is 9.84. The molecule has 0 saturated heterocycles. The Morgan fingerprint density at radius 2 is 1.46 bits per heavy atom. The number of nitrogens with zero attached hydrogens (tertiary/aromatic N) is 1. The van der Waals surface area contributed by atoms with Crippen LogP contribution in [0.3, 0.4) is 0 Å². The van der Waals surface area contributed by atoms with Gasteiger partial charge in [-0.15, -0.1) is 0 Å². The van der Waals surface area contributed by atoms with Crippen LogP contribution < -0.4 is 0 Å². The fourth-order valence-corrected chi connectivity index (χ4v) is 4.84. The predicted molar refractivity (Wildman–Crippen MR) is 112 cm³/mol. The van der Waals surface area contributed by atoms with Crippen molar-refractivity contribution in [2.75, 3.05) is 13.1 Å². The molecule has 0 spiro atoms. The van der Waals surface area contributed by atoms with E-state index in [1.165, 1.54) is 38.5 Å². The number of sulfonamides is 1. The highest BCUT2D eigenvalue weighted by atomic mass is 32.2. The first-order valence-electron chi connectivity index (χ1n) is 10.5. The van der Waals surface area contributed by atoms with Gasteiger partial charge in [0.1, 0.15) is 0 Å². The van der Waals surface area contributed by atoms with Crippen molar-refractivity contribution in [3.05, 3.63) is 29.8 Å². The van der Waals surface area contributed by atoms with Gasteiger partial charge in [0.15, 0.2) is 0 Å². The minimum atomic E-state index is -3.40. The molecule has 0 aliphatic rings. The van der Waals surface area contributed by atoms with Crippen molar-refractivity contribution in [1.29, 1.82) is 0 Å². The molecule has 0 amide bonds. The van der Waals surface area contributed by atoms with Gasteiger partial charge in [-0.05, 0) is 37.8 Å². The molecule has 150 valence electrons. The monoisotopic (exact) mass is 381 g/mol. The molecule has 0 aliphatic heterocycles. The molecule has 0 fully saturated rings. The van der Waals surface area contributed by atoms with E-state index in [1.54, 1.807) is 16.4 Å². The maximum Gasteiger partial charge on any atom is 0.243 e. The fraction of sp³-hybridized carbons (Fsp3) is 0.727. The van der Waals surface area contributed by atoms with Crippen LogP contribution in [0.5, 0.6) is 0 Å². The Morgan fingerprint density at radius 3 is 2.04 bits per heavy atom. The summed E-state index contributed by atoms with van der Waals surface area (Å²) in [5.41, 5.74) is 1.09. The van der Waals surface area contributed by atoms with Gasteiger partial charge in [-0.1, -0.05) is 83.4 Å². The van der Waals surface area contributed by atoms with Crippen LogP contribution in [0.1, 0.15) is 84.1 Å². The molecule has 0 aromatic heterocycles. The molecule has 26 heavy (non-hydrogen) atoms. The number of unbranched alkanes of at least 4 members (excludes halogenated alkanes) is 6. The van der Waals surface area contributed by atoms with Gasteiger partial charge < -0.3 is 0 Å². The molecular formula is C22H39NO2S. The molecule has 4 heteroatoms. The van der Waals surface area contributed by atoms with Crippen LogP contribution in [0, 0.1) is 12.8 Å². The van der Waals surface area contributed by atoms with Crippen LogP contribution in [0.15, 0.2) is 29.2 Å². The van der Waals surface area contributed by atoms with Crippen molar-refractivity contribution in [2.24, 2.45) is 5.92 Å². The van der Waals surface area contributed by atoms with E-state index < -0.39 is 10.0 Å². The number of hydrogen-bond acceptors (Lipinski definition) is 2. The van der Waals surface area contributed by atoms with Crippen LogP contribution in [-0.2, 0) is 10.0 Å². The van der Waals surface area contributed by atoms with Crippen molar-refractivity contribution in [3.8, 4) is 0 Å². The summed E-state index contributed by atoms with van der Waals surface area (Å²) in [5.74, 6) is 0.401. The molecule has 0 saturated carbocycles. The standard InChI is InChI=1S/C22H39NO2S/c1-5-7-9-11-13-21(4)19-23(18-12-10-8-6-2)26(24,25)22-16-14-20(3)15-17-22/h14-17,21H,5-13,18-19H2,1-4H3. The lowest BCUT2D eigenvalue weighted by Crippen LogP contribution is -2.35. The first-order chi connectivity index (χ1) is 12.4. The topological polar surface area (TPSA) is 37.4 Å². The summed E-state index contributed by atoms with van der Waals surface area (Å²) in [4.78, 5) is 0.428. The number of benzene rings is 1. The zero-order valence-electron chi connectivity index (χ0n) is 17.3. The first kappa shape index (κ1) is 23.2. The van der Waals surface area contributed by atoms with Gasteiger partial charge in [-0.2, -0.15) is 4.31 Å². The van der Waals surface area contributed by atoms with Gasteiger partial charge in [-0.3, -0.25) is 0 Å². The molecule has 0 radical (unpaired) electrons. The SMILES string of the molecule is CCCCCCC(C)CN(CCCCCC)S(=O)(=O)c1ccc(C)cc1. The van der Waals surface area contributed by atoms with Crippen LogP contribution in [0.4, 0.5) is 0 Å². The Morgan fingerprint density at radius 1 is 0.885 bits per heavy atom. The molecule has 0 aliphatic carbocycles. The largest absolute Gasteiger partial charge is 0.243 e. The maximum atomic E-state index is 13.1. The zero-order valence-corrected chi connectivity index (χ0v) is 18.2. The van der Waals surface area contributed by atoms with Gasteiger partial charge in [0, 0.05) is 13.1 Å². The lowest BCUT2D eigenvalue weighted by Gasteiger charge is -2.25. The molecule has 1 aromatic rings. The lowest BCUT2D eigenvalue weighted by atomic mass is 10.0. The number of aryl methyl sites for hydroxylation is 1. The Hall–Kier alpha value is -0.870. The molecule has 1 atom stereocenters. The summed E-state index contributed by atoms with van der Waals surface area (Å²) in [7, 11) is -3.40. The van der Waals surface area contributed by atoms with Crippen LogP contribution in [0.25, 0.3) is 0 Å². The van der Waals surface area contributed by atoms with Crippen molar-refractivity contribution in [3.63, 3.8) is 0 Å². The summed E-state index contributed by atoms with van der Waals surface area (Å²) in [6.07, 6.45) is 10.4. The normalized spacial score (nSPS) is 13.3. The van der Waals surface area contributed by atoms with E-state index in [1.807, 2.05) is 19.1 Å². The molecule has 1 unspecified atom stereocenters. The molecule has 0 N–H and O–H groups in total. The highest BCUT2D eigenvalue weighted by Gasteiger charge is 2.25. The second-order valence-electron chi connectivity index (χ2n) is 7.69. The molecular weight excluding hydrogens is 342 g/mol. The number of hydrogen-bond donors (Lipinski definition) is 0. The molecule has 3 nitrogen and oxygen atoms in total. The lowest BCUT2D eigenvalue weighted by molar-refractivity contribution is 0.330. The third-order valence-corrected chi connectivity index (χ3v) is 6.86. The van der Waals surface area contributed by atoms with Crippen molar-refractivity contribution in [2.45, 2.75) is 90.4 Å². The predicted octanol–water partition coefficient (Wildman–Crippen LogP) is 6.17. The summed E-state index contributed by atoms with van der Waals surface area (Å²) in [6, 6.07) is 7.26. The van der Waals surface area contributed by atoms with E-state index in [-0.39, 0.29) is 0 Å². The fourth-order valence-electron chi connectivity index (χ4n) is 3.24. The molecule has 1 rings (SSSR count). The van der Waals surface area contributed by atoms with Crippen LogP contribution in [-0.4, -0.2) is 25.8 Å². The van der Waals surface area contributed by atoms with Crippen LogP contribution >= 0.6 is 0 Å². The second-order valence-corrected chi connectivity index (χ2v) is 9.63. The molecule has 0 bridgehead atoms. The van der Waals surface area contributed by atoms with E-state index >= 15 is 0 Å². The third kappa shape index (κ3) is 8.22. The number of rotatable bonds is 14. The summed E-state index contributed by atoms with van der Waals surface area (Å²) >= 11 is 0. The highest BCUT2D eigenvalue weighted by Crippen LogP contribution is 2.21. The smallest absolute Gasteiger partial charge is 0.207 e. The molecule has 0 heterocycles. The molecule has 1 aromatic carbocycles. The Bertz CT molecular complexity index is 581. The van der Waals surface area contributed by atoms with E-state index in [4.69, 9.17) is 0 Å². The summed E-state index contributed by atoms with van der Waals surface area (Å²) in [5, 5.41) is 0. The first-order valence-corrected chi connectivity index (χ1v) is 11.9. The third-order valence-electron chi connectivity index (χ3n) is 4.99. The maximum absolute atomic E-state index is 13.1. The van der Waals surface area contributed by atoms with E-state index in [2.05, 4.69) is 20.8 Å². The van der Waals surface area contributed by atoms with E-state index in [0.717, 1.165) is 24.8 Å². The highest BCUT2D eigenvalue weighted by molar-refractivity contribution is 7.89. The minimum Gasteiger partial charge on any atom is -0.207 e. The van der Waals surface area contributed by atoms with Crippen molar-refractivity contribution in [1.82, 2.24) is 4.31 Å². The second kappa shape index (κ2) is 12.5. The Balaban J connectivity index is 2.77. The quantitative estimate of drug-likeness (QED) is 0.361. The van der Waals surface area contributed by atoms with Gasteiger partial charge in [0.25, 0.3) is 0 Å². The van der Waals surface area contributed by atoms with Gasteiger partial charge >= 0.3 is 0 Å². The zero-order chi connectivity index (χ0) is 19.4. The average molecular weight is 382 g/mol. The minimum absolute atomic E-state index is 0.401. The summed E-state index contributed by atoms with van der Waals surface area (Å²) < 4.78 is 28.0. The van der Waals surface area contributed by atoms with E-state index in [9.17, 15) is 8.42 Å². The van der Waals surface area contributed by atoms with Crippen molar-refractivity contribution >= 4 is 10.0 Å². The van der Waals surface area contributed by atoms with Gasteiger partial charge in [0.05, 0.1) is 4.90 Å². The van der Waals surface area contributed by atoms with E-state index in [0.29, 0.717) is 23.9 Å². The van der Waals surface area contributed by atoms with Gasteiger partial charge in [0.2, 0.25) is 10.0 Å². The Kier molecular flexibility index (Phi) is 11.1. The Labute approximate surface area is 162 Å². The van der Waals surface area contributed by atoms with Crippen LogP contribution in [0.2, 0.25) is 0 Å².